The number of carbonyl (C=O) groups is 1. The van der Waals surface area contributed by atoms with Gasteiger partial charge in [0.2, 0.25) is 0 Å². The quantitative estimate of drug-likeness (QED) is 0.861. The third-order valence-corrected chi connectivity index (χ3v) is 3.17. The molecule has 1 aromatic heterocycles. The molecule has 1 heterocycles. The number of hydrogen-bond acceptors (Lipinski definition) is 3. The first-order chi connectivity index (χ1) is 7.46. The lowest BCUT2D eigenvalue weighted by Crippen LogP contribution is -2.34. The van der Waals surface area contributed by atoms with Gasteiger partial charge in [-0.3, -0.25) is 0 Å². The highest BCUT2D eigenvalue weighted by atomic mass is 32.1. The molecule has 2 atom stereocenters. The summed E-state index contributed by atoms with van der Waals surface area (Å²) in [4.78, 5) is 11.5. The third-order valence-electron chi connectivity index (χ3n) is 2.46. The van der Waals surface area contributed by atoms with Crippen LogP contribution in [0.1, 0.15) is 38.7 Å². The standard InChI is InChI=1S/C12H17NO2S/c1-12(2,3)15-11(14)13-10-6-9(10)8-4-5-16-7-8/h4-5,7,9-10H,6H2,1-3H3,(H,13,14)/t9-,10+/m0/s1. The van der Waals surface area contributed by atoms with Gasteiger partial charge in [0.05, 0.1) is 0 Å². The molecule has 0 aromatic carbocycles. The van der Waals surface area contributed by atoms with Gasteiger partial charge in [-0.05, 0) is 49.6 Å². The minimum Gasteiger partial charge on any atom is -0.444 e. The normalized spacial score (nSPS) is 23.9. The molecule has 1 saturated carbocycles. The second kappa shape index (κ2) is 4.09. The molecule has 1 amide bonds. The molecule has 1 N–H and O–H groups in total. The number of hydrogen-bond donors (Lipinski definition) is 1. The lowest BCUT2D eigenvalue weighted by molar-refractivity contribution is 0.0523. The van der Waals surface area contributed by atoms with Gasteiger partial charge in [0.25, 0.3) is 0 Å². The summed E-state index contributed by atoms with van der Waals surface area (Å²) in [5, 5.41) is 7.10. The van der Waals surface area contributed by atoms with Crippen molar-refractivity contribution >= 4 is 17.4 Å². The van der Waals surface area contributed by atoms with E-state index in [1.165, 1.54) is 5.56 Å². The van der Waals surface area contributed by atoms with Gasteiger partial charge in [-0.15, -0.1) is 0 Å². The third kappa shape index (κ3) is 2.98. The summed E-state index contributed by atoms with van der Waals surface area (Å²) in [6, 6.07) is 2.37. The molecule has 88 valence electrons. The SMILES string of the molecule is CC(C)(C)OC(=O)N[C@@H]1C[C@H]1c1ccsc1. The van der Waals surface area contributed by atoms with Gasteiger partial charge < -0.3 is 10.1 Å². The van der Waals surface area contributed by atoms with Crippen LogP contribution in [0.2, 0.25) is 0 Å². The summed E-state index contributed by atoms with van der Waals surface area (Å²) in [5.74, 6) is 0.485. The van der Waals surface area contributed by atoms with E-state index in [1.54, 1.807) is 11.3 Å². The molecular formula is C12H17NO2S. The van der Waals surface area contributed by atoms with Crippen LogP contribution in [-0.4, -0.2) is 17.7 Å². The Morgan fingerprint density at radius 2 is 2.31 bits per heavy atom. The van der Waals surface area contributed by atoms with Crippen molar-refractivity contribution in [1.29, 1.82) is 0 Å². The van der Waals surface area contributed by atoms with E-state index in [9.17, 15) is 4.79 Å². The summed E-state index contributed by atoms with van der Waals surface area (Å²) < 4.78 is 5.21. The Bertz CT molecular complexity index is 367. The number of alkyl carbamates (subject to hydrolysis) is 1. The predicted molar refractivity (Wildman–Crippen MR) is 64.8 cm³/mol. The Hall–Kier alpha value is -1.03. The number of amides is 1. The fraction of sp³-hybridized carbons (Fsp3) is 0.583. The number of nitrogens with one attached hydrogen (secondary N) is 1. The molecule has 1 aromatic rings. The molecule has 1 aliphatic rings. The van der Waals surface area contributed by atoms with E-state index in [1.807, 2.05) is 20.8 Å². The summed E-state index contributed by atoms with van der Waals surface area (Å²) in [7, 11) is 0. The molecule has 0 bridgehead atoms. The largest absolute Gasteiger partial charge is 0.444 e. The minimum atomic E-state index is -0.420. The van der Waals surface area contributed by atoms with Gasteiger partial charge in [-0.25, -0.2) is 4.79 Å². The highest BCUT2D eigenvalue weighted by molar-refractivity contribution is 7.08. The first-order valence-electron chi connectivity index (χ1n) is 5.47. The second-order valence-electron chi connectivity index (χ2n) is 5.15. The van der Waals surface area contributed by atoms with Gasteiger partial charge >= 0.3 is 6.09 Å². The van der Waals surface area contributed by atoms with E-state index in [0.717, 1.165) is 6.42 Å². The highest BCUT2D eigenvalue weighted by Gasteiger charge is 2.40. The number of thiophene rings is 1. The van der Waals surface area contributed by atoms with Crippen LogP contribution < -0.4 is 5.32 Å². The summed E-state index contributed by atoms with van der Waals surface area (Å²) in [6.45, 7) is 5.61. The van der Waals surface area contributed by atoms with E-state index < -0.39 is 5.60 Å². The van der Waals surface area contributed by atoms with Crippen molar-refractivity contribution in [3.63, 3.8) is 0 Å². The Labute approximate surface area is 99.8 Å². The maximum absolute atomic E-state index is 11.5. The first kappa shape index (κ1) is 11.5. The molecule has 3 nitrogen and oxygen atoms in total. The average molecular weight is 239 g/mol. The number of ether oxygens (including phenoxy) is 1. The molecule has 1 aliphatic carbocycles. The van der Waals surface area contributed by atoms with Crippen molar-refractivity contribution in [1.82, 2.24) is 5.32 Å². The zero-order valence-electron chi connectivity index (χ0n) is 9.82. The van der Waals surface area contributed by atoms with Crippen LogP contribution in [0.15, 0.2) is 16.8 Å². The van der Waals surface area contributed by atoms with Gasteiger partial charge in [-0.2, -0.15) is 11.3 Å². The van der Waals surface area contributed by atoms with Crippen LogP contribution in [0.3, 0.4) is 0 Å². The van der Waals surface area contributed by atoms with Crippen LogP contribution in [-0.2, 0) is 4.74 Å². The van der Waals surface area contributed by atoms with Crippen LogP contribution in [0.5, 0.6) is 0 Å². The smallest absolute Gasteiger partial charge is 0.407 e. The topological polar surface area (TPSA) is 38.3 Å². The lowest BCUT2D eigenvalue weighted by atomic mass is 10.2. The Kier molecular flexibility index (Phi) is 2.93. The maximum atomic E-state index is 11.5. The Balaban J connectivity index is 1.79. The van der Waals surface area contributed by atoms with Gasteiger partial charge in [0.1, 0.15) is 5.60 Å². The summed E-state index contributed by atoms with van der Waals surface area (Å²) in [6.07, 6.45) is 0.714. The average Bonchev–Trinajstić information content (AvgIpc) is 2.70. The molecule has 1 fully saturated rings. The van der Waals surface area contributed by atoms with Crippen molar-refractivity contribution in [2.45, 2.75) is 44.8 Å². The fourth-order valence-electron chi connectivity index (χ4n) is 1.67. The second-order valence-corrected chi connectivity index (χ2v) is 5.93. The van der Waals surface area contributed by atoms with Gasteiger partial charge in [0, 0.05) is 12.0 Å². The minimum absolute atomic E-state index is 0.254. The highest BCUT2D eigenvalue weighted by Crippen LogP contribution is 2.41. The summed E-state index contributed by atoms with van der Waals surface area (Å²) in [5.41, 5.74) is 0.905. The first-order valence-corrected chi connectivity index (χ1v) is 6.41. The fourth-order valence-corrected chi connectivity index (χ4v) is 2.39. The van der Waals surface area contributed by atoms with E-state index in [4.69, 9.17) is 4.74 Å². The zero-order valence-corrected chi connectivity index (χ0v) is 10.6. The van der Waals surface area contributed by atoms with Gasteiger partial charge in [0.15, 0.2) is 0 Å². The molecule has 0 spiro atoms. The molecule has 0 aliphatic heterocycles. The van der Waals surface area contributed by atoms with Gasteiger partial charge in [-0.1, -0.05) is 0 Å². The molecule has 16 heavy (non-hydrogen) atoms. The van der Waals surface area contributed by atoms with E-state index in [2.05, 4.69) is 22.1 Å². The molecule has 4 heteroatoms. The molecular weight excluding hydrogens is 222 g/mol. The van der Waals surface area contributed by atoms with Crippen LogP contribution >= 0.6 is 11.3 Å². The summed E-state index contributed by atoms with van der Waals surface area (Å²) >= 11 is 1.69. The molecule has 0 radical (unpaired) electrons. The Morgan fingerprint density at radius 1 is 1.56 bits per heavy atom. The van der Waals surface area contributed by atoms with Crippen LogP contribution in [0, 0.1) is 0 Å². The van der Waals surface area contributed by atoms with Crippen LogP contribution in [0.4, 0.5) is 4.79 Å². The zero-order chi connectivity index (χ0) is 11.8. The van der Waals surface area contributed by atoms with Crippen molar-refractivity contribution in [3.05, 3.63) is 22.4 Å². The monoisotopic (exact) mass is 239 g/mol. The molecule has 2 rings (SSSR count). The molecule has 0 unspecified atom stereocenters. The van der Waals surface area contributed by atoms with Crippen molar-refractivity contribution < 1.29 is 9.53 Å². The van der Waals surface area contributed by atoms with Crippen molar-refractivity contribution in [2.24, 2.45) is 0 Å². The van der Waals surface area contributed by atoms with E-state index in [-0.39, 0.29) is 12.1 Å². The number of carbonyl (C=O) groups excluding carboxylic acids is 1. The predicted octanol–water partition coefficient (Wildman–Crippen LogP) is 3.13. The lowest BCUT2D eigenvalue weighted by Gasteiger charge is -2.19. The van der Waals surface area contributed by atoms with Crippen molar-refractivity contribution in [2.75, 3.05) is 0 Å². The van der Waals surface area contributed by atoms with E-state index in [0.29, 0.717) is 5.92 Å². The Morgan fingerprint density at radius 3 is 2.88 bits per heavy atom. The van der Waals surface area contributed by atoms with Crippen LogP contribution in [0.25, 0.3) is 0 Å². The maximum Gasteiger partial charge on any atom is 0.407 e. The van der Waals surface area contributed by atoms with Crippen molar-refractivity contribution in [3.8, 4) is 0 Å². The number of rotatable bonds is 2. The molecule has 0 saturated heterocycles. The van der Waals surface area contributed by atoms with E-state index >= 15 is 0 Å².